The molecule has 1 aromatic carbocycles. The maximum Gasteiger partial charge on any atom is 0.275 e. The Kier molecular flexibility index (Phi) is 4.34. The first-order valence-corrected chi connectivity index (χ1v) is 7.97. The van der Waals surface area contributed by atoms with Gasteiger partial charge in [-0.25, -0.2) is 9.97 Å². The van der Waals surface area contributed by atoms with Crippen molar-refractivity contribution in [2.24, 2.45) is 5.73 Å². The minimum atomic E-state index is -0.249. The van der Waals surface area contributed by atoms with Crippen molar-refractivity contribution in [2.75, 3.05) is 5.32 Å². The Balaban J connectivity index is 0.00000156. The summed E-state index contributed by atoms with van der Waals surface area (Å²) in [6, 6.07) is 5.45. The van der Waals surface area contributed by atoms with Gasteiger partial charge in [-0.15, -0.1) is 23.7 Å². The van der Waals surface area contributed by atoms with Gasteiger partial charge in [0, 0.05) is 23.5 Å². The molecule has 1 saturated carbocycles. The average molecular weight is 351 g/mol. The zero-order chi connectivity index (χ0) is 15.1. The molecule has 2 heterocycles. The number of nitrogens with one attached hydrogen (secondary N) is 1. The van der Waals surface area contributed by atoms with E-state index in [-0.39, 0.29) is 18.3 Å². The molecule has 0 radical (unpaired) electrons. The fraction of sp³-hybridized carbons (Fsp3) is 0.267. The smallest absolute Gasteiger partial charge is 0.275 e. The molecular weight excluding hydrogens is 336 g/mol. The van der Waals surface area contributed by atoms with Crippen LogP contribution in [0.25, 0.3) is 11.1 Å². The number of carbonyl (C=O) groups is 1. The molecule has 0 aliphatic heterocycles. The van der Waals surface area contributed by atoms with Crippen LogP contribution < -0.4 is 11.1 Å². The zero-order valence-corrected chi connectivity index (χ0v) is 13.7. The molecule has 1 aliphatic carbocycles. The number of anilines is 1. The molecule has 23 heavy (non-hydrogen) atoms. The second-order valence-corrected chi connectivity index (χ2v) is 6.24. The molecule has 1 fully saturated rings. The summed E-state index contributed by atoms with van der Waals surface area (Å²) in [5.41, 5.74) is 8.08. The third kappa shape index (κ3) is 3.21. The first-order valence-electron chi connectivity index (χ1n) is 7.09. The number of oxazole rings is 1. The molecule has 4 rings (SSSR count). The number of aromatic nitrogens is 2. The van der Waals surface area contributed by atoms with E-state index in [0.29, 0.717) is 23.8 Å². The SMILES string of the molecule is Cl.NCc1nc(C(=O)Nc2ccc3oc(C4CC4)nc3c2)cs1. The number of hydrogen-bond acceptors (Lipinski definition) is 6. The third-order valence-electron chi connectivity index (χ3n) is 3.55. The van der Waals surface area contributed by atoms with Crippen molar-refractivity contribution in [1.29, 1.82) is 0 Å². The van der Waals surface area contributed by atoms with Crippen LogP contribution in [0.5, 0.6) is 0 Å². The Hall–Kier alpha value is -1.96. The minimum Gasteiger partial charge on any atom is -0.440 e. The maximum absolute atomic E-state index is 12.2. The molecule has 120 valence electrons. The van der Waals surface area contributed by atoms with Gasteiger partial charge in [-0.05, 0) is 31.0 Å². The van der Waals surface area contributed by atoms with Crippen molar-refractivity contribution >= 4 is 46.4 Å². The molecule has 1 amide bonds. The van der Waals surface area contributed by atoms with Gasteiger partial charge in [-0.2, -0.15) is 0 Å². The third-order valence-corrected chi connectivity index (χ3v) is 4.42. The maximum atomic E-state index is 12.2. The van der Waals surface area contributed by atoms with Gasteiger partial charge in [0.25, 0.3) is 5.91 Å². The quantitative estimate of drug-likeness (QED) is 0.752. The number of nitrogens with zero attached hydrogens (tertiary/aromatic N) is 2. The number of rotatable bonds is 4. The highest BCUT2D eigenvalue weighted by atomic mass is 35.5. The Morgan fingerprint density at radius 1 is 1.39 bits per heavy atom. The molecule has 3 N–H and O–H groups in total. The largest absolute Gasteiger partial charge is 0.440 e. The summed E-state index contributed by atoms with van der Waals surface area (Å²) >= 11 is 1.38. The van der Waals surface area contributed by atoms with Crippen molar-refractivity contribution in [3.8, 4) is 0 Å². The van der Waals surface area contributed by atoms with E-state index in [1.807, 2.05) is 12.1 Å². The van der Waals surface area contributed by atoms with E-state index in [1.54, 1.807) is 11.4 Å². The average Bonchev–Trinajstić information content (AvgIpc) is 3.11. The highest BCUT2D eigenvalue weighted by Crippen LogP contribution is 2.40. The highest BCUT2D eigenvalue weighted by Gasteiger charge is 2.28. The van der Waals surface area contributed by atoms with Gasteiger partial charge in [0.2, 0.25) is 0 Å². The number of amides is 1. The zero-order valence-electron chi connectivity index (χ0n) is 12.1. The molecule has 0 unspecified atom stereocenters. The fourth-order valence-electron chi connectivity index (χ4n) is 2.23. The Bertz CT molecular complexity index is 856. The standard InChI is InChI=1S/C15H14N4O2S.ClH/c16-6-13-18-11(7-22-13)14(20)17-9-3-4-12-10(5-9)19-15(21-12)8-1-2-8;/h3-5,7-8H,1-2,6,16H2,(H,17,20);1H. The summed E-state index contributed by atoms with van der Waals surface area (Å²) in [4.78, 5) is 20.8. The molecule has 2 aromatic heterocycles. The van der Waals surface area contributed by atoms with Gasteiger partial charge < -0.3 is 15.5 Å². The Morgan fingerprint density at radius 2 is 2.22 bits per heavy atom. The number of thiazole rings is 1. The lowest BCUT2D eigenvalue weighted by Gasteiger charge is -2.02. The van der Waals surface area contributed by atoms with Crippen molar-refractivity contribution < 1.29 is 9.21 Å². The van der Waals surface area contributed by atoms with E-state index in [9.17, 15) is 4.79 Å². The van der Waals surface area contributed by atoms with Crippen LogP contribution in [0.1, 0.15) is 40.1 Å². The molecule has 8 heteroatoms. The minimum absolute atomic E-state index is 0. The fourth-order valence-corrected chi connectivity index (χ4v) is 2.89. The molecular formula is C15H15ClN4O2S. The number of hydrogen-bond donors (Lipinski definition) is 2. The lowest BCUT2D eigenvalue weighted by molar-refractivity contribution is 0.102. The second kappa shape index (κ2) is 6.27. The molecule has 0 bridgehead atoms. The van der Waals surface area contributed by atoms with Crippen molar-refractivity contribution in [3.05, 3.63) is 40.2 Å². The van der Waals surface area contributed by atoms with E-state index in [4.69, 9.17) is 10.2 Å². The Labute approximate surface area is 142 Å². The van der Waals surface area contributed by atoms with Gasteiger partial charge in [0.15, 0.2) is 11.5 Å². The second-order valence-electron chi connectivity index (χ2n) is 5.29. The monoisotopic (exact) mass is 350 g/mol. The number of halogens is 1. The van der Waals surface area contributed by atoms with E-state index in [2.05, 4.69) is 15.3 Å². The molecule has 0 saturated heterocycles. The first kappa shape index (κ1) is 15.9. The van der Waals surface area contributed by atoms with Crippen molar-refractivity contribution in [2.45, 2.75) is 25.3 Å². The van der Waals surface area contributed by atoms with E-state index in [0.717, 1.165) is 34.8 Å². The van der Waals surface area contributed by atoms with Crippen LogP contribution in [0, 0.1) is 0 Å². The summed E-state index contributed by atoms with van der Waals surface area (Å²) < 4.78 is 5.71. The van der Waals surface area contributed by atoms with Crippen LogP contribution in [0.15, 0.2) is 28.0 Å². The lowest BCUT2D eigenvalue weighted by Crippen LogP contribution is -2.12. The van der Waals surface area contributed by atoms with Crippen molar-refractivity contribution in [1.82, 2.24) is 9.97 Å². The Morgan fingerprint density at radius 3 is 2.91 bits per heavy atom. The van der Waals surface area contributed by atoms with Crippen LogP contribution in [0.2, 0.25) is 0 Å². The molecule has 0 spiro atoms. The molecule has 6 nitrogen and oxygen atoms in total. The van der Waals surface area contributed by atoms with Crippen LogP contribution in [-0.4, -0.2) is 15.9 Å². The topological polar surface area (TPSA) is 94.0 Å². The summed E-state index contributed by atoms with van der Waals surface area (Å²) in [7, 11) is 0. The van der Waals surface area contributed by atoms with Gasteiger partial charge >= 0.3 is 0 Å². The number of fused-ring (bicyclic) bond motifs is 1. The summed E-state index contributed by atoms with van der Waals surface area (Å²) in [5.74, 6) is 1.02. The van der Waals surface area contributed by atoms with Crippen molar-refractivity contribution in [3.63, 3.8) is 0 Å². The van der Waals surface area contributed by atoms with Gasteiger partial charge in [-0.3, -0.25) is 4.79 Å². The van der Waals surface area contributed by atoms with Crippen LogP contribution in [0.4, 0.5) is 5.69 Å². The van der Waals surface area contributed by atoms with E-state index < -0.39 is 0 Å². The number of carbonyl (C=O) groups excluding carboxylic acids is 1. The normalized spacial score (nSPS) is 13.8. The van der Waals surface area contributed by atoms with E-state index >= 15 is 0 Å². The number of nitrogens with two attached hydrogens (primary N) is 1. The first-order chi connectivity index (χ1) is 10.7. The predicted octanol–water partition coefficient (Wildman–Crippen LogP) is 3.29. The van der Waals surface area contributed by atoms with Gasteiger partial charge in [0.05, 0.1) is 0 Å². The predicted molar refractivity (Wildman–Crippen MR) is 91.2 cm³/mol. The highest BCUT2D eigenvalue weighted by molar-refractivity contribution is 7.09. The lowest BCUT2D eigenvalue weighted by atomic mass is 10.3. The summed E-state index contributed by atoms with van der Waals surface area (Å²) in [6.07, 6.45) is 2.29. The van der Waals surface area contributed by atoms with E-state index in [1.165, 1.54) is 11.3 Å². The molecule has 0 atom stereocenters. The van der Waals surface area contributed by atoms with Gasteiger partial charge in [-0.1, -0.05) is 0 Å². The molecule has 1 aliphatic rings. The number of benzene rings is 1. The molecule has 3 aromatic rings. The van der Waals surface area contributed by atoms with Gasteiger partial charge in [0.1, 0.15) is 16.2 Å². The van der Waals surface area contributed by atoms with Crippen LogP contribution >= 0.6 is 23.7 Å². The summed E-state index contributed by atoms with van der Waals surface area (Å²) in [5, 5.41) is 5.27. The van der Waals surface area contributed by atoms with Crippen LogP contribution in [-0.2, 0) is 6.54 Å². The van der Waals surface area contributed by atoms with Crippen LogP contribution in [0.3, 0.4) is 0 Å². The summed E-state index contributed by atoms with van der Waals surface area (Å²) in [6.45, 7) is 0.340.